The summed E-state index contributed by atoms with van der Waals surface area (Å²) >= 11 is 3.44. The van der Waals surface area contributed by atoms with Crippen molar-refractivity contribution >= 4 is 27.9 Å². The standard InChI is InChI=1S/C20H14BrN3O4/c21-15-5-3-4-14(9-15)19-16(10-24(23-19)17-6-1-2-7-22-17)20(26)28-12-13-8-18(25)27-11-13/h1-10H,11-12H2. The SMILES string of the molecule is O=C1C=C(COC(=O)c2cn(-c3ccccn3)nc2-c2cccc(Br)c2)CO1. The van der Waals surface area contributed by atoms with Gasteiger partial charge in [0.15, 0.2) is 5.82 Å². The van der Waals surface area contributed by atoms with Crippen molar-refractivity contribution in [3.05, 3.63) is 76.5 Å². The number of benzene rings is 1. The first kappa shape index (κ1) is 18.1. The van der Waals surface area contributed by atoms with E-state index in [1.54, 1.807) is 24.5 Å². The average Bonchev–Trinajstić information content (AvgIpc) is 3.33. The summed E-state index contributed by atoms with van der Waals surface area (Å²) in [6, 6.07) is 12.9. The summed E-state index contributed by atoms with van der Waals surface area (Å²) in [5.74, 6) is -0.392. The van der Waals surface area contributed by atoms with Gasteiger partial charge < -0.3 is 9.47 Å². The second-order valence-corrected chi connectivity index (χ2v) is 6.94. The van der Waals surface area contributed by atoms with Crippen LogP contribution in [0.4, 0.5) is 0 Å². The molecule has 8 heteroatoms. The lowest BCUT2D eigenvalue weighted by Crippen LogP contribution is -2.09. The maximum atomic E-state index is 12.7. The highest BCUT2D eigenvalue weighted by molar-refractivity contribution is 9.10. The number of cyclic esters (lactones) is 1. The van der Waals surface area contributed by atoms with E-state index < -0.39 is 11.9 Å². The Bertz CT molecular complexity index is 1080. The lowest BCUT2D eigenvalue weighted by atomic mass is 10.1. The third-order valence-corrected chi connectivity index (χ3v) is 4.52. The molecule has 3 heterocycles. The van der Waals surface area contributed by atoms with Crippen molar-refractivity contribution in [1.29, 1.82) is 0 Å². The van der Waals surface area contributed by atoms with Gasteiger partial charge in [0.05, 0.1) is 0 Å². The quantitative estimate of drug-likeness (QED) is 0.566. The highest BCUT2D eigenvalue weighted by Gasteiger charge is 2.22. The van der Waals surface area contributed by atoms with Crippen LogP contribution in [0.3, 0.4) is 0 Å². The summed E-state index contributed by atoms with van der Waals surface area (Å²) in [5.41, 5.74) is 2.15. The van der Waals surface area contributed by atoms with Crippen molar-refractivity contribution in [3.8, 4) is 17.1 Å². The number of carbonyl (C=O) groups excluding carboxylic acids is 2. The molecule has 0 radical (unpaired) electrons. The zero-order chi connectivity index (χ0) is 19.5. The molecule has 1 aliphatic heterocycles. The predicted molar refractivity (Wildman–Crippen MR) is 104 cm³/mol. The minimum absolute atomic E-state index is 0.0166. The summed E-state index contributed by atoms with van der Waals surface area (Å²) in [5, 5.41) is 4.54. The molecule has 0 saturated carbocycles. The molecule has 0 spiro atoms. The summed E-state index contributed by atoms with van der Waals surface area (Å²) < 4.78 is 12.6. The number of nitrogens with zero attached hydrogens (tertiary/aromatic N) is 3. The molecule has 28 heavy (non-hydrogen) atoms. The molecule has 0 amide bonds. The summed E-state index contributed by atoms with van der Waals surface area (Å²) in [6.45, 7) is 0.120. The van der Waals surface area contributed by atoms with Crippen LogP contribution < -0.4 is 0 Å². The number of aromatic nitrogens is 3. The molecule has 0 saturated heterocycles. The Morgan fingerprint density at radius 3 is 2.86 bits per heavy atom. The smallest absolute Gasteiger partial charge is 0.342 e. The number of rotatable bonds is 5. The molecule has 0 atom stereocenters. The molecular formula is C20H14BrN3O4. The van der Waals surface area contributed by atoms with Crippen LogP contribution in [0.5, 0.6) is 0 Å². The molecule has 0 unspecified atom stereocenters. The zero-order valence-electron chi connectivity index (χ0n) is 14.5. The maximum absolute atomic E-state index is 12.7. The van der Waals surface area contributed by atoms with E-state index >= 15 is 0 Å². The van der Waals surface area contributed by atoms with E-state index in [2.05, 4.69) is 26.0 Å². The zero-order valence-corrected chi connectivity index (χ0v) is 16.1. The molecule has 0 fully saturated rings. The van der Waals surface area contributed by atoms with Crippen molar-refractivity contribution in [2.24, 2.45) is 0 Å². The number of ether oxygens (including phenoxy) is 2. The Morgan fingerprint density at radius 2 is 2.14 bits per heavy atom. The second kappa shape index (κ2) is 7.77. The molecule has 0 bridgehead atoms. The number of hydrogen-bond donors (Lipinski definition) is 0. The Hall–Kier alpha value is -3.26. The second-order valence-electron chi connectivity index (χ2n) is 6.02. The Morgan fingerprint density at radius 1 is 1.25 bits per heavy atom. The van der Waals surface area contributed by atoms with Crippen LogP contribution in [0.1, 0.15) is 10.4 Å². The average molecular weight is 440 g/mol. The van der Waals surface area contributed by atoms with E-state index in [4.69, 9.17) is 9.47 Å². The van der Waals surface area contributed by atoms with E-state index in [0.29, 0.717) is 22.6 Å². The Kier molecular flexibility index (Phi) is 5.03. The van der Waals surface area contributed by atoms with Crippen LogP contribution in [-0.2, 0) is 14.3 Å². The molecular weight excluding hydrogens is 426 g/mol. The van der Waals surface area contributed by atoms with Gasteiger partial charge in [-0.25, -0.2) is 19.3 Å². The highest BCUT2D eigenvalue weighted by Crippen LogP contribution is 2.26. The predicted octanol–water partition coefficient (Wildman–Crippen LogP) is 3.34. The molecule has 1 aliphatic rings. The van der Waals surface area contributed by atoms with E-state index in [1.165, 1.54) is 10.8 Å². The van der Waals surface area contributed by atoms with Crippen LogP contribution in [0.15, 0.2) is 71.0 Å². The van der Waals surface area contributed by atoms with Gasteiger partial charge >= 0.3 is 11.9 Å². The van der Waals surface area contributed by atoms with Crippen LogP contribution in [0.2, 0.25) is 0 Å². The van der Waals surface area contributed by atoms with Crippen LogP contribution >= 0.6 is 15.9 Å². The van der Waals surface area contributed by atoms with Gasteiger partial charge in [-0.3, -0.25) is 0 Å². The van der Waals surface area contributed by atoms with E-state index in [0.717, 1.165) is 10.0 Å². The fraction of sp³-hybridized carbons (Fsp3) is 0.100. The van der Waals surface area contributed by atoms with Crippen molar-refractivity contribution in [3.63, 3.8) is 0 Å². The molecule has 140 valence electrons. The third-order valence-electron chi connectivity index (χ3n) is 4.03. The lowest BCUT2D eigenvalue weighted by Gasteiger charge is -2.05. The summed E-state index contributed by atoms with van der Waals surface area (Å²) in [6.07, 6.45) is 4.57. The van der Waals surface area contributed by atoms with Crippen LogP contribution in [0, 0.1) is 0 Å². The lowest BCUT2D eigenvalue weighted by molar-refractivity contribution is -0.134. The summed E-state index contributed by atoms with van der Waals surface area (Å²) in [4.78, 5) is 28.1. The number of esters is 2. The van der Waals surface area contributed by atoms with Crippen molar-refractivity contribution in [2.45, 2.75) is 0 Å². The number of halogens is 1. The largest absolute Gasteiger partial charge is 0.458 e. The van der Waals surface area contributed by atoms with E-state index in [9.17, 15) is 9.59 Å². The fourth-order valence-corrected chi connectivity index (χ4v) is 3.11. The van der Waals surface area contributed by atoms with E-state index in [-0.39, 0.29) is 13.2 Å². The number of pyridine rings is 1. The number of carbonyl (C=O) groups is 2. The molecule has 0 aliphatic carbocycles. The first-order valence-corrected chi connectivity index (χ1v) is 9.20. The van der Waals surface area contributed by atoms with Gasteiger partial charge in [-0.05, 0) is 24.3 Å². The summed E-state index contributed by atoms with van der Waals surface area (Å²) in [7, 11) is 0. The van der Waals surface area contributed by atoms with E-state index in [1.807, 2.05) is 30.3 Å². The van der Waals surface area contributed by atoms with Crippen molar-refractivity contribution in [1.82, 2.24) is 14.8 Å². The minimum atomic E-state index is -0.544. The topological polar surface area (TPSA) is 83.3 Å². The normalized spacial score (nSPS) is 13.2. The Labute approximate surface area is 168 Å². The Balaban J connectivity index is 1.68. The highest BCUT2D eigenvalue weighted by atomic mass is 79.9. The maximum Gasteiger partial charge on any atom is 0.342 e. The van der Waals surface area contributed by atoms with Gasteiger partial charge in [0, 0.05) is 34.1 Å². The third kappa shape index (κ3) is 3.86. The number of hydrogen-bond acceptors (Lipinski definition) is 6. The van der Waals surface area contributed by atoms with Crippen molar-refractivity contribution in [2.75, 3.05) is 13.2 Å². The first-order valence-electron chi connectivity index (χ1n) is 8.40. The van der Waals surface area contributed by atoms with Gasteiger partial charge in [-0.1, -0.05) is 34.1 Å². The molecule has 3 aromatic rings. The molecule has 1 aromatic carbocycles. The van der Waals surface area contributed by atoms with Gasteiger partial charge in [0.25, 0.3) is 0 Å². The van der Waals surface area contributed by atoms with Gasteiger partial charge in [0.2, 0.25) is 0 Å². The molecule has 2 aromatic heterocycles. The van der Waals surface area contributed by atoms with Gasteiger partial charge in [0.1, 0.15) is 24.5 Å². The molecule has 7 nitrogen and oxygen atoms in total. The minimum Gasteiger partial charge on any atom is -0.458 e. The molecule has 4 rings (SSSR count). The molecule has 0 N–H and O–H groups in total. The first-order chi connectivity index (χ1) is 13.6. The fourth-order valence-electron chi connectivity index (χ4n) is 2.71. The van der Waals surface area contributed by atoms with Crippen LogP contribution in [0.25, 0.3) is 17.1 Å². The monoisotopic (exact) mass is 439 g/mol. The van der Waals surface area contributed by atoms with Crippen molar-refractivity contribution < 1.29 is 19.1 Å². The van der Waals surface area contributed by atoms with Gasteiger partial charge in [-0.15, -0.1) is 0 Å². The van der Waals surface area contributed by atoms with Gasteiger partial charge in [-0.2, -0.15) is 5.10 Å². The van der Waals surface area contributed by atoms with Crippen LogP contribution in [-0.4, -0.2) is 39.9 Å².